The Bertz CT molecular complexity index is 760. The average molecular weight is 389 g/mol. The Balaban J connectivity index is 1.72. The van der Waals surface area contributed by atoms with Crippen LogP contribution < -0.4 is 26.8 Å². The van der Waals surface area contributed by atoms with Crippen LogP contribution in [0, 0.1) is 0 Å². The van der Waals surface area contributed by atoms with Crippen LogP contribution in [0.1, 0.15) is 35.5 Å². The number of furan rings is 1. The van der Waals surface area contributed by atoms with Gasteiger partial charge in [0.05, 0.1) is 12.8 Å². The van der Waals surface area contributed by atoms with Crippen molar-refractivity contribution in [3.8, 4) is 0 Å². The summed E-state index contributed by atoms with van der Waals surface area (Å²) in [5.74, 6) is 0.408. The van der Waals surface area contributed by atoms with Crippen molar-refractivity contribution >= 4 is 29.3 Å². The lowest BCUT2D eigenvalue weighted by Crippen LogP contribution is -2.46. The van der Waals surface area contributed by atoms with Crippen LogP contribution in [0.2, 0.25) is 0 Å². The second-order valence-electron chi connectivity index (χ2n) is 6.02. The summed E-state index contributed by atoms with van der Waals surface area (Å²) in [6.45, 7) is 4.57. The largest absolute Gasteiger partial charge is 0.467 e. The molecular formula is C18H23N5O3S. The molecule has 1 aromatic carbocycles. The molecule has 27 heavy (non-hydrogen) atoms. The first kappa shape index (κ1) is 20.2. The van der Waals surface area contributed by atoms with E-state index in [4.69, 9.17) is 16.6 Å². The summed E-state index contributed by atoms with van der Waals surface area (Å²) in [4.78, 5) is 23.7. The number of carbonyl (C=O) groups excluding carboxylic acids is 2. The summed E-state index contributed by atoms with van der Waals surface area (Å²) in [6.07, 6.45) is 1.57. The van der Waals surface area contributed by atoms with Gasteiger partial charge in [0.25, 0.3) is 5.91 Å². The summed E-state index contributed by atoms with van der Waals surface area (Å²) in [6, 6.07) is 10.3. The van der Waals surface area contributed by atoms with E-state index in [1.165, 1.54) is 0 Å². The van der Waals surface area contributed by atoms with E-state index in [0.717, 1.165) is 11.3 Å². The van der Waals surface area contributed by atoms with Crippen molar-refractivity contribution in [2.24, 2.45) is 0 Å². The summed E-state index contributed by atoms with van der Waals surface area (Å²) < 4.78 is 5.18. The van der Waals surface area contributed by atoms with Crippen LogP contribution in [0.5, 0.6) is 0 Å². The Morgan fingerprint density at radius 3 is 2.41 bits per heavy atom. The summed E-state index contributed by atoms with van der Waals surface area (Å²) in [5.41, 5.74) is 6.50. The van der Waals surface area contributed by atoms with E-state index in [1.54, 1.807) is 36.6 Å². The number of urea groups is 1. The fourth-order valence-corrected chi connectivity index (χ4v) is 2.20. The maximum Gasteiger partial charge on any atom is 0.315 e. The van der Waals surface area contributed by atoms with E-state index < -0.39 is 0 Å². The van der Waals surface area contributed by atoms with Crippen molar-refractivity contribution in [3.63, 3.8) is 0 Å². The van der Waals surface area contributed by atoms with E-state index >= 15 is 0 Å². The van der Waals surface area contributed by atoms with E-state index in [1.807, 2.05) is 19.9 Å². The smallest absolute Gasteiger partial charge is 0.315 e. The zero-order chi connectivity index (χ0) is 19.6. The van der Waals surface area contributed by atoms with Crippen LogP contribution in [0.15, 0.2) is 47.1 Å². The molecule has 0 saturated heterocycles. The van der Waals surface area contributed by atoms with Gasteiger partial charge in [0.1, 0.15) is 5.76 Å². The number of rotatable bonds is 6. The normalized spacial score (nSPS) is 10.2. The topological polar surface area (TPSA) is 107 Å². The predicted molar refractivity (Wildman–Crippen MR) is 106 cm³/mol. The molecule has 0 atom stereocenters. The van der Waals surface area contributed by atoms with E-state index in [-0.39, 0.29) is 23.1 Å². The van der Waals surface area contributed by atoms with Gasteiger partial charge in [0.15, 0.2) is 5.11 Å². The minimum absolute atomic E-state index is 0.0724. The van der Waals surface area contributed by atoms with E-state index in [0.29, 0.717) is 18.7 Å². The van der Waals surface area contributed by atoms with Gasteiger partial charge in [-0.2, -0.15) is 0 Å². The monoisotopic (exact) mass is 389 g/mol. The molecule has 0 aliphatic rings. The lowest BCUT2D eigenvalue weighted by molar-refractivity contribution is 0.0943. The molecule has 0 bridgehead atoms. The van der Waals surface area contributed by atoms with E-state index in [2.05, 4.69) is 26.8 Å². The highest BCUT2D eigenvalue weighted by atomic mass is 32.1. The number of carbonyl (C=O) groups is 2. The van der Waals surface area contributed by atoms with Gasteiger partial charge >= 0.3 is 6.03 Å². The highest BCUT2D eigenvalue weighted by Gasteiger charge is 2.07. The zero-order valence-corrected chi connectivity index (χ0v) is 16.0. The van der Waals surface area contributed by atoms with Crippen LogP contribution >= 0.6 is 12.2 Å². The average Bonchev–Trinajstić information content (AvgIpc) is 3.16. The molecule has 0 aliphatic heterocycles. The van der Waals surface area contributed by atoms with E-state index in [9.17, 15) is 9.59 Å². The fourth-order valence-electron chi connectivity index (χ4n) is 2.08. The van der Waals surface area contributed by atoms with Gasteiger partial charge in [-0.1, -0.05) is 12.1 Å². The molecule has 0 unspecified atom stereocenters. The van der Waals surface area contributed by atoms with Gasteiger partial charge < -0.3 is 20.4 Å². The molecule has 1 heterocycles. The van der Waals surface area contributed by atoms with Gasteiger partial charge in [0.2, 0.25) is 0 Å². The quantitative estimate of drug-likeness (QED) is 0.381. The number of hydrogen-bond donors (Lipinski definition) is 5. The van der Waals surface area contributed by atoms with Gasteiger partial charge in [0, 0.05) is 18.2 Å². The Labute approximate surface area is 163 Å². The molecule has 3 amide bonds. The molecule has 0 radical (unpaired) electrons. The number of amides is 3. The predicted octanol–water partition coefficient (Wildman–Crippen LogP) is 1.80. The van der Waals surface area contributed by atoms with Crippen molar-refractivity contribution in [1.82, 2.24) is 26.8 Å². The Morgan fingerprint density at radius 2 is 1.78 bits per heavy atom. The fraction of sp³-hybridized carbons (Fsp3) is 0.278. The Kier molecular flexibility index (Phi) is 7.63. The molecule has 0 aliphatic carbocycles. The van der Waals surface area contributed by atoms with Crippen molar-refractivity contribution in [2.75, 3.05) is 0 Å². The van der Waals surface area contributed by atoms with Gasteiger partial charge in [-0.3, -0.25) is 15.6 Å². The van der Waals surface area contributed by atoms with Crippen molar-refractivity contribution in [1.29, 1.82) is 0 Å². The molecule has 1 aromatic heterocycles. The minimum Gasteiger partial charge on any atom is -0.467 e. The number of benzene rings is 1. The number of hydrazine groups is 1. The van der Waals surface area contributed by atoms with Gasteiger partial charge in [-0.15, -0.1) is 0 Å². The second-order valence-corrected chi connectivity index (χ2v) is 6.43. The van der Waals surface area contributed by atoms with Crippen molar-refractivity contribution in [2.45, 2.75) is 33.0 Å². The standard InChI is InChI=1S/C18H23N5O3S/c1-12(2)21-17(25)19-10-13-5-7-14(8-6-13)16(24)22-23-18(27)20-11-15-4-3-9-26-15/h3-9,12H,10-11H2,1-2H3,(H,22,24)(H2,19,21,25)(H2,20,23,27). The van der Waals surface area contributed by atoms with Crippen LogP contribution in [0.3, 0.4) is 0 Å². The molecule has 0 saturated carbocycles. The molecule has 5 N–H and O–H groups in total. The lowest BCUT2D eigenvalue weighted by Gasteiger charge is -2.12. The minimum atomic E-state index is -0.325. The molecule has 0 spiro atoms. The van der Waals surface area contributed by atoms with Gasteiger partial charge in [-0.05, 0) is 55.9 Å². The number of hydrogen-bond acceptors (Lipinski definition) is 4. The first-order valence-electron chi connectivity index (χ1n) is 8.44. The second kappa shape index (κ2) is 10.2. The van der Waals surface area contributed by atoms with Crippen LogP contribution in [0.4, 0.5) is 4.79 Å². The maximum atomic E-state index is 12.1. The van der Waals surface area contributed by atoms with Crippen molar-refractivity contribution < 1.29 is 14.0 Å². The molecule has 144 valence electrons. The Morgan fingerprint density at radius 1 is 1.04 bits per heavy atom. The molecule has 2 rings (SSSR count). The zero-order valence-electron chi connectivity index (χ0n) is 15.2. The summed E-state index contributed by atoms with van der Waals surface area (Å²) in [7, 11) is 0. The third kappa shape index (κ3) is 7.37. The molecule has 0 fully saturated rings. The van der Waals surface area contributed by atoms with Crippen LogP contribution in [-0.4, -0.2) is 23.1 Å². The summed E-state index contributed by atoms with van der Waals surface area (Å²) in [5, 5.41) is 8.67. The van der Waals surface area contributed by atoms with Crippen LogP contribution in [-0.2, 0) is 13.1 Å². The molecule has 9 heteroatoms. The molecule has 2 aromatic rings. The number of nitrogens with one attached hydrogen (secondary N) is 5. The highest BCUT2D eigenvalue weighted by Crippen LogP contribution is 2.04. The van der Waals surface area contributed by atoms with Gasteiger partial charge in [-0.25, -0.2) is 4.79 Å². The first-order chi connectivity index (χ1) is 12.9. The first-order valence-corrected chi connectivity index (χ1v) is 8.84. The number of thiocarbonyl (C=S) groups is 1. The third-order valence-electron chi connectivity index (χ3n) is 3.38. The molecule has 8 nitrogen and oxygen atoms in total. The van der Waals surface area contributed by atoms with Crippen LogP contribution in [0.25, 0.3) is 0 Å². The SMILES string of the molecule is CC(C)NC(=O)NCc1ccc(C(=O)NNC(=S)NCc2ccco2)cc1. The molecular weight excluding hydrogens is 366 g/mol. The maximum absolute atomic E-state index is 12.1. The summed E-state index contributed by atoms with van der Waals surface area (Å²) >= 11 is 5.08. The highest BCUT2D eigenvalue weighted by molar-refractivity contribution is 7.80. The van der Waals surface area contributed by atoms with Crippen molar-refractivity contribution in [3.05, 3.63) is 59.5 Å². The third-order valence-corrected chi connectivity index (χ3v) is 3.63. The lowest BCUT2D eigenvalue weighted by atomic mass is 10.1. The Hall–Kier alpha value is -3.07.